The molecule has 0 unspecified atom stereocenters. The standard InChI is InChI=1S/C11H8N4O3/c1-6-3-15-4-7(11(16)17)2-8(10(15)13-6)9-12-5-18-14-9/h2-5H,1H3,(H,16,17). The summed E-state index contributed by atoms with van der Waals surface area (Å²) in [4.78, 5) is 19.3. The van der Waals surface area contributed by atoms with Gasteiger partial charge < -0.3 is 14.0 Å². The number of imidazole rings is 1. The molecule has 18 heavy (non-hydrogen) atoms. The second-order valence-corrected chi connectivity index (χ2v) is 3.82. The van der Waals surface area contributed by atoms with Crippen molar-refractivity contribution >= 4 is 11.6 Å². The van der Waals surface area contributed by atoms with Crippen molar-refractivity contribution < 1.29 is 14.4 Å². The topological polar surface area (TPSA) is 93.5 Å². The Morgan fingerprint density at radius 1 is 1.44 bits per heavy atom. The molecule has 90 valence electrons. The normalized spacial score (nSPS) is 10.9. The van der Waals surface area contributed by atoms with Crippen LogP contribution in [-0.2, 0) is 0 Å². The van der Waals surface area contributed by atoms with E-state index >= 15 is 0 Å². The summed E-state index contributed by atoms with van der Waals surface area (Å²) in [6.07, 6.45) is 4.43. The minimum atomic E-state index is -1.02. The van der Waals surface area contributed by atoms with E-state index in [1.165, 1.54) is 18.7 Å². The van der Waals surface area contributed by atoms with Crippen molar-refractivity contribution in [1.29, 1.82) is 0 Å². The van der Waals surface area contributed by atoms with Crippen molar-refractivity contribution in [2.75, 3.05) is 0 Å². The minimum absolute atomic E-state index is 0.139. The van der Waals surface area contributed by atoms with Crippen LogP contribution in [-0.4, -0.2) is 30.6 Å². The molecular weight excluding hydrogens is 236 g/mol. The van der Waals surface area contributed by atoms with Gasteiger partial charge in [0.15, 0.2) is 0 Å². The van der Waals surface area contributed by atoms with Crippen molar-refractivity contribution in [3.05, 3.63) is 36.1 Å². The molecule has 0 atom stereocenters. The van der Waals surface area contributed by atoms with E-state index < -0.39 is 5.97 Å². The smallest absolute Gasteiger partial charge is 0.337 e. The number of aryl methyl sites for hydroxylation is 1. The number of hydrogen-bond donors (Lipinski definition) is 1. The number of carboxylic acids is 1. The fourth-order valence-electron chi connectivity index (χ4n) is 1.79. The summed E-state index contributed by atoms with van der Waals surface area (Å²) in [7, 11) is 0. The van der Waals surface area contributed by atoms with E-state index in [0.29, 0.717) is 17.0 Å². The lowest BCUT2D eigenvalue weighted by Gasteiger charge is -2.01. The minimum Gasteiger partial charge on any atom is -0.478 e. The maximum Gasteiger partial charge on any atom is 0.337 e. The second-order valence-electron chi connectivity index (χ2n) is 3.82. The Labute approximate surface area is 101 Å². The molecule has 7 heteroatoms. The third-order valence-corrected chi connectivity index (χ3v) is 2.52. The van der Waals surface area contributed by atoms with Crippen molar-refractivity contribution in [3.63, 3.8) is 0 Å². The number of nitrogens with zero attached hydrogens (tertiary/aromatic N) is 4. The van der Waals surface area contributed by atoms with Gasteiger partial charge in [-0.3, -0.25) is 0 Å². The maximum atomic E-state index is 11.1. The Kier molecular flexibility index (Phi) is 2.12. The highest BCUT2D eigenvalue weighted by Gasteiger charge is 2.15. The molecular formula is C11H8N4O3. The molecule has 0 radical (unpaired) electrons. The lowest BCUT2D eigenvalue weighted by Crippen LogP contribution is -2.00. The zero-order valence-corrected chi connectivity index (χ0v) is 9.36. The van der Waals surface area contributed by atoms with Gasteiger partial charge in [0.05, 0.1) is 16.8 Å². The molecule has 3 aromatic rings. The predicted octanol–water partition coefficient (Wildman–Crippen LogP) is 1.39. The summed E-state index contributed by atoms with van der Waals surface area (Å²) in [6, 6.07) is 1.48. The molecule has 0 spiro atoms. The number of aromatic carboxylic acids is 1. The van der Waals surface area contributed by atoms with Gasteiger partial charge in [-0.15, -0.1) is 0 Å². The van der Waals surface area contributed by atoms with Crippen LogP contribution in [0.5, 0.6) is 0 Å². The van der Waals surface area contributed by atoms with Gasteiger partial charge in [0.25, 0.3) is 0 Å². The number of rotatable bonds is 2. The Morgan fingerprint density at radius 3 is 2.94 bits per heavy atom. The van der Waals surface area contributed by atoms with Gasteiger partial charge in [0.1, 0.15) is 5.65 Å². The second kappa shape index (κ2) is 3.66. The largest absolute Gasteiger partial charge is 0.478 e. The van der Waals surface area contributed by atoms with Crippen LogP contribution in [0.1, 0.15) is 16.1 Å². The molecule has 0 saturated heterocycles. The van der Waals surface area contributed by atoms with E-state index in [0.717, 1.165) is 5.69 Å². The maximum absolute atomic E-state index is 11.1. The fraction of sp³-hybridized carbons (Fsp3) is 0.0909. The molecule has 0 saturated carbocycles. The average Bonchev–Trinajstić information content (AvgIpc) is 2.94. The molecule has 0 aliphatic rings. The van der Waals surface area contributed by atoms with Gasteiger partial charge in [-0.1, -0.05) is 5.16 Å². The summed E-state index contributed by atoms with van der Waals surface area (Å²) in [5, 5.41) is 12.8. The molecule has 0 amide bonds. The molecule has 3 heterocycles. The monoisotopic (exact) mass is 244 g/mol. The molecule has 0 aromatic carbocycles. The highest BCUT2D eigenvalue weighted by atomic mass is 16.5. The van der Waals surface area contributed by atoms with Gasteiger partial charge in [0, 0.05) is 12.4 Å². The Morgan fingerprint density at radius 2 is 2.28 bits per heavy atom. The first-order chi connectivity index (χ1) is 8.65. The van der Waals surface area contributed by atoms with E-state index in [1.807, 2.05) is 6.92 Å². The molecule has 1 N–H and O–H groups in total. The molecule has 0 bridgehead atoms. The van der Waals surface area contributed by atoms with Crippen LogP contribution in [0.4, 0.5) is 0 Å². The molecule has 3 aromatic heterocycles. The lowest BCUT2D eigenvalue weighted by atomic mass is 10.2. The van der Waals surface area contributed by atoms with Crippen LogP contribution >= 0.6 is 0 Å². The van der Waals surface area contributed by atoms with Gasteiger partial charge in [-0.2, -0.15) is 4.98 Å². The third-order valence-electron chi connectivity index (χ3n) is 2.52. The van der Waals surface area contributed by atoms with Crippen molar-refractivity contribution in [1.82, 2.24) is 19.5 Å². The lowest BCUT2D eigenvalue weighted by molar-refractivity contribution is 0.0696. The molecule has 7 nitrogen and oxygen atoms in total. The van der Waals surface area contributed by atoms with Crippen molar-refractivity contribution in [3.8, 4) is 11.4 Å². The first-order valence-corrected chi connectivity index (χ1v) is 5.14. The van der Waals surface area contributed by atoms with E-state index in [-0.39, 0.29) is 5.56 Å². The Hall–Kier alpha value is -2.70. The fourth-order valence-corrected chi connectivity index (χ4v) is 1.79. The molecule has 0 aliphatic heterocycles. The Bertz CT molecular complexity index is 730. The quantitative estimate of drug-likeness (QED) is 0.732. The number of pyridine rings is 1. The molecule has 0 aliphatic carbocycles. The third kappa shape index (κ3) is 1.53. The van der Waals surface area contributed by atoms with Gasteiger partial charge in [-0.25, -0.2) is 9.78 Å². The van der Waals surface area contributed by atoms with Crippen LogP contribution in [0.25, 0.3) is 17.0 Å². The number of carbonyl (C=O) groups is 1. The highest BCUT2D eigenvalue weighted by molar-refractivity contribution is 5.90. The van der Waals surface area contributed by atoms with E-state index in [1.54, 1.807) is 10.6 Å². The van der Waals surface area contributed by atoms with E-state index in [9.17, 15) is 4.79 Å². The highest BCUT2D eigenvalue weighted by Crippen LogP contribution is 2.22. The van der Waals surface area contributed by atoms with Crippen LogP contribution < -0.4 is 0 Å². The predicted molar refractivity (Wildman–Crippen MR) is 60.2 cm³/mol. The number of carboxylic acid groups (broad SMARTS) is 1. The van der Waals surface area contributed by atoms with Crippen LogP contribution in [0.3, 0.4) is 0 Å². The first kappa shape index (κ1) is 10.5. The summed E-state index contributed by atoms with van der Waals surface area (Å²) < 4.78 is 6.32. The van der Waals surface area contributed by atoms with Gasteiger partial charge in [0.2, 0.25) is 12.2 Å². The van der Waals surface area contributed by atoms with Crippen molar-refractivity contribution in [2.24, 2.45) is 0 Å². The number of hydrogen-bond acceptors (Lipinski definition) is 5. The number of fused-ring (bicyclic) bond motifs is 1. The van der Waals surface area contributed by atoms with Crippen LogP contribution in [0.15, 0.2) is 29.4 Å². The summed E-state index contributed by atoms with van der Waals surface area (Å²) >= 11 is 0. The molecule has 0 fully saturated rings. The zero-order chi connectivity index (χ0) is 12.7. The van der Waals surface area contributed by atoms with Crippen LogP contribution in [0, 0.1) is 6.92 Å². The van der Waals surface area contributed by atoms with Crippen LogP contribution in [0.2, 0.25) is 0 Å². The van der Waals surface area contributed by atoms with Gasteiger partial charge in [-0.05, 0) is 13.0 Å². The summed E-state index contributed by atoms with van der Waals surface area (Å²) in [5.41, 5.74) is 2.04. The number of aromatic nitrogens is 4. The summed E-state index contributed by atoms with van der Waals surface area (Å²) in [6.45, 7) is 1.83. The zero-order valence-electron chi connectivity index (χ0n) is 9.36. The molecule has 3 rings (SSSR count). The van der Waals surface area contributed by atoms with Crippen molar-refractivity contribution in [2.45, 2.75) is 6.92 Å². The van der Waals surface area contributed by atoms with E-state index in [4.69, 9.17) is 5.11 Å². The van der Waals surface area contributed by atoms with E-state index in [2.05, 4.69) is 19.6 Å². The average molecular weight is 244 g/mol. The SMILES string of the molecule is Cc1cn2cc(C(=O)O)cc(-c3ncon3)c2n1. The summed E-state index contributed by atoms with van der Waals surface area (Å²) in [5.74, 6) is -0.707. The van der Waals surface area contributed by atoms with Gasteiger partial charge >= 0.3 is 5.97 Å². The Balaban J connectivity index is 2.36. The first-order valence-electron chi connectivity index (χ1n) is 5.14.